The highest BCUT2D eigenvalue weighted by Gasteiger charge is 2.22. The molecular weight excluding hydrogens is 639 g/mol. The van der Waals surface area contributed by atoms with Crippen molar-refractivity contribution in [2.45, 2.75) is 33.1 Å². The molecule has 0 aliphatic rings. The van der Waals surface area contributed by atoms with Gasteiger partial charge in [-0.3, -0.25) is 4.98 Å². The van der Waals surface area contributed by atoms with Crippen LogP contribution in [-0.4, -0.2) is 4.98 Å². The van der Waals surface area contributed by atoms with E-state index in [0.717, 1.165) is 22.4 Å². The summed E-state index contributed by atoms with van der Waals surface area (Å²) >= 11 is 0. The standard InChI is InChI=1S/C52H43N/c1-36-24-25-44(34-50(36)49-23-13-22-48(37(49)2)43-19-12-17-41(33-43)38-14-7-5-8-15-38)51-31-28-45(35-53-51)42-18-11-16-40(32-42)39-26-29-47(30-27-39)52(3,4)46-20-9-6-10-21-46/h5-35H,1-4H3. The lowest BCUT2D eigenvalue weighted by Crippen LogP contribution is -2.18. The van der Waals surface area contributed by atoms with Gasteiger partial charge < -0.3 is 0 Å². The number of aromatic nitrogens is 1. The second kappa shape index (κ2) is 14.4. The summed E-state index contributed by atoms with van der Waals surface area (Å²) in [6.45, 7) is 9.02. The Morgan fingerprint density at radius 2 is 0.868 bits per heavy atom. The number of nitrogens with zero attached hydrogens (tertiary/aromatic N) is 1. The van der Waals surface area contributed by atoms with Crippen LogP contribution in [0.3, 0.4) is 0 Å². The first-order valence-corrected chi connectivity index (χ1v) is 18.4. The summed E-state index contributed by atoms with van der Waals surface area (Å²) in [4.78, 5) is 4.99. The highest BCUT2D eigenvalue weighted by molar-refractivity contribution is 5.84. The molecule has 0 saturated heterocycles. The molecule has 0 fully saturated rings. The number of hydrogen-bond acceptors (Lipinski definition) is 1. The lowest BCUT2D eigenvalue weighted by molar-refractivity contribution is 0.641. The minimum Gasteiger partial charge on any atom is -0.256 e. The van der Waals surface area contributed by atoms with Crippen LogP contribution in [-0.2, 0) is 5.41 Å². The molecule has 0 spiro atoms. The van der Waals surface area contributed by atoms with Gasteiger partial charge in [0.15, 0.2) is 0 Å². The number of pyridine rings is 1. The van der Waals surface area contributed by atoms with Crippen molar-refractivity contribution >= 4 is 0 Å². The Labute approximate surface area is 314 Å². The van der Waals surface area contributed by atoms with Crippen molar-refractivity contribution in [2.75, 3.05) is 0 Å². The van der Waals surface area contributed by atoms with Gasteiger partial charge in [-0.2, -0.15) is 0 Å². The molecule has 0 unspecified atom stereocenters. The van der Waals surface area contributed by atoms with Gasteiger partial charge in [0.25, 0.3) is 0 Å². The molecule has 0 aliphatic heterocycles. The summed E-state index contributed by atoms with van der Waals surface area (Å²) in [5, 5.41) is 0. The molecular formula is C52H43N. The van der Waals surface area contributed by atoms with Crippen LogP contribution in [0.1, 0.15) is 36.1 Å². The molecule has 0 amide bonds. The van der Waals surface area contributed by atoms with Gasteiger partial charge in [-0.05, 0) is 110 Å². The highest BCUT2D eigenvalue weighted by atomic mass is 14.7. The molecule has 53 heavy (non-hydrogen) atoms. The largest absolute Gasteiger partial charge is 0.256 e. The first-order valence-electron chi connectivity index (χ1n) is 18.4. The number of aryl methyl sites for hydroxylation is 1. The van der Waals surface area contributed by atoms with Gasteiger partial charge in [0.05, 0.1) is 5.69 Å². The topological polar surface area (TPSA) is 12.9 Å². The van der Waals surface area contributed by atoms with E-state index in [0.29, 0.717) is 0 Å². The fraction of sp³-hybridized carbons (Fsp3) is 0.0962. The van der Waals surface area contributed by atoms with Gasteiger partial charge in [-0.25, -0.2) is 0 Å². The molecule has 0 aliphatic carbocycles. The zero-order valence-electron chi connectivity index (χ0n) is 30.8. The molecule has 8 rings (SSSR count). The van der Waals surface area contributed by atoms with Crippen molar-refractivity contribution in [2.24, 2.45) is 0 Å². The average molecular weight is 682 g/mol. The molecule has 256 valence electrons. The second-order valence-corrected chi connectivity index (χ2v) is 14.5. The van der Waals surface area contributed by atoms with Crippen molar-refractivity contribution in [3.8, 4) is 66.9 Å². The summed E-state index contributed by atoms with van der Waals surface area (Å²) in [6, 6.07) is 65.7. The first kappa shape index (κ1) is 33.8. The zero-order valence-corrected chi connectivity index (χ0v) is 30.8. The van der Waals surface area contributed by atoms with Crippen LogP contribution in [0.25, 0.3) is 66.9 Å². The van der Waals surface area contributed by atoms with E-state index in [1.54, 1.807) is 0 Å². The smallest absolute Gasteiger partial charge is 0.0702 e. The molecule has 0 bridgehead atoms. The Hall–Kier alpha value is -6.31. The van der Waals surface area contributed by atoms with E-state index in [-0.39, 0.29) is 5.41 Å². The van der Waals surface area contributed by atoms with E-state index in [1.165, 1.54) is 66.8 Å². The molecule has 0 saturated carbocycles. The molecule has 0 radical (unpaired) electrons. The van der Waals surface area contributed by atoms with Gasteiger partial charge in [0, 0.05) is 22.7 Å². The Kier molecular flexibility index (Phi) is 9.17. The third kappa shape index (κ3) is 6.87. The van der Waals surface area contributed by atoms with Crippen LogP contribution < -0.4 is 0 Å². The van der Waals surface area contributed by atoms with Gasteiger partial charge >= 0.3 is 0 Å². The molecule has 0 atom stereocenters. The van der Waals surface area contributed by atoms with Gasteiger partial charge in [0.1, 0.15) is 0 Å². The van der Waals surface area contributed by atoms with Crippen molar-refractivity contribution in [1.29, 1.82) is 0 Å². The molecule has 0 N–H and O–H groups in total. The van der Waals surface area contributed by atoms with E-state index in [1.807, 2.05) is 6.20 Å². The van der Waals surface area contributed by atoms with Crippen molar-refractivity contribution in [3.05, 3.63) is 210 Å². The maximum atomic E-state index is 4.99. The maximum Gasteiger partial charge on any atom is 0.0702 e. The van der Waals surface area contributed by atoms with Gasteiger partial charge in [-0.15, -0.1) is 0 Å². The first-order chi connectivity index (χ1) is 25.8. The Balaban J connectivity index is 1.05. The van der Waals surface area contributed by atoms with E-state index in [2.05, 4.69) is 210 Å². The van der Waals surface area contributed by atoms with Crippen LogP contribution in [0.15, 0.2) is 188 Å². The molecule has 8 aromatic rings. The normalized spacial score (nSPS) is 11.4. The van der Waals surface area contributed by atoms with E-state index >= 15 is 0 Å². The molecule has 1 nitrogen and oxygen atoms in total. The van der Waals surface area contributed by atoms with Crippen LogP contribution in [0.5, 0.6) is 0 Å². The fourth-order valence-corrected chi connectivity index (χ4v) is 7.52. The third-order valence-electron chi connectivity index (χ3n) is 10.8. The van der Waals surface area contributed by atoms with Crippen molar-refractivity contribution in [3.63, 3.8) is 0 Å². The van der Waals surface area contributed by atoms with Gasteiger partial charge in [-0.1, -0.05) is 172 Å². The SMILES string of the molecule is Cc1ccc(-c2ccc(-c3cccc(-c4ccc(C(C)(C)c5ccccc5)cc4)c3)cn2)cc1-c1cccc(-c2cccc(-c3ccccc3)c2)c1C. The number of rotatable bonds is 8. The van der Waals surface area contributed by atoms with Crippen LogP contribution >= 0.6 is 0 Å². The molecule has 7 aromatic carbocycles. The van der Waals surface area contributed by atoms with Gasteiger partial charge in [0.2, 0.25) is 0 Å². The Bertz CT molecular complexity index is 2510. The lowest BCUT2D eigenvalue weighted by Gasteiger charge is -2.26. The summed E-state index contributed by atoms with van der Waals surface area (Å²) in [5.41, 5.74) is 19.2. The minimum atomic E-state index is -0.0640. The van der Waals surface area contributed by atoms with E-state index in [4.69, 9.17) is 4.98 Å². The van der Waals surface area contributed by atoms with E-state index in [9.17, 15) is 0 Å². The Morgan fingerprint density at radius 1 is 0.358 bits per heavy atom. The minimum absolute atomic E-state index is 0.0640. The lowest BCUT2D eigenvalue weighted by atomic mass is 9.78. The summed E-state index contributed by atoms with van der Waals surface area (Å²) < 4.78 is 0. The zero-order chi connectivity index (χ0) is 36.4. The highest BCUT2D eigenvalue weighted by Crippen LogP contribution is 2.37. The predicted octanol–water partition coefficient (Wildman–Crippen LogP) is 14.0. The van der Waals surface area contributed by atoms with Crippen molar-refractivity contribution in [1.82, 2.24) is 4.98 Å². The van der Waals surface area contributed by atoms with Crippen LogP contribution in [0.4, 0.5) is 0 Å². The summed E-state index contributed by atoms with van der Waals surface area (Å²) in [5.74, 6) is 0. The third-order valence-corrected chi connectivity index (χ3v) is 10.8. The summed E-state index contributed by atoms with van der Waals surface area (Å²) in [6.07, 6.45) is 2.01. The molecule has 1 heterocycles. The quantitative estimate of drug-likeness (QED) is 0.156. The molecule has 1 aromatic heterocycles. The predicted molar refractivity (Wildman–Crippen MR) is 225 cm³/mol. The maximum absolute atomic E-state index is 4.99. The number of hydrogen-bond donors (Lipinski definition) is 0. The van der Waals surface area contributed by atoms with Crippen LogP contribution in [0.2, 0.25) is 0 Å². The average Bonchev–Trinajstić information content (AvgIpc) is 3.22. The monoisotopic (exact) mass is 681 g/mol. The Morgan fingerprint density at radius 3 is 1.55 bits per heavy atom. The van der Waals surface area contributed by atoms with Crippen molar-refractivity contribution < 1.29 is 0 Å². The number of benzene rings is 7. The fourth-order valence-electron chi connectivity index (χ4n) is 7.52. The summed E-state index contributed by atoms with van der Waals surface area (Å²) in [7, 11) is 0. The van der Waals surface area contributed by atoms with Crippen LogP contribution in [0, 0.1) is 13.8 Å². The second-order valence-electron chi connectivity index (χ2n) is 14.5. The van der Waals surface area contributed by atoms with E-state index < -0.39 is 0 Å². The molecule has 1 heteroatoms.